The lowest BCUT2D eigenvalue weighted by Crippen LogP contribution is -2.22. The second-order valence-corrected chi connectivity index (χ2v) is 7.69. The molecule has 1 heterocycles. The van der Waals surface area contributed by atoms with Crippen LogP contribution >= 0.6 is 0 Å². The molecule has 7 heteroatoms. The van der Waals surface area contributed by atoms with Crippen molar-refractivity contribution in [1.29, 1.82) is 0 Å². The van der Waals surface area contributed by atoms with Crippen LogP contribution in [0.1, 0.15) is 37.3 Å². The number of hydrogen-bond donors (Lipinski definition) is 0. The van der Waals surface area contributed by atoms with Gasteiger partial charge in [0.1, 0.15) is 5.82 Å². The molecule has 0 radical (unpaired) electrons. The summed E-state index contributed by atoms with van der Waals surface area (Å²) in [5, 5.41) is 0.287. The number of alkyl halides is 3. The maximum absolute atomic E-state index is 14.8. The molecule has 0 aliphatic rings. The quantitative estimate of drug-likeness (QED) is 0.330. The summed E-state index contributed by atoms with van der Waals surface area (Å²) in [5.74, 6) is -0.783. The van der Waals surface area contributed by atoms with Crippen LogP contribution in [0.5, 0.6) is 0 Å². The molecule has 0 aliphatic heterocycles. The van der Waals surface area contributed by atoms with E-state index in [9.17, 15) is 22.4 Å². The van der Waals surface area contributed by atoms with E-state index < -0.39 is 28.7 Å². The predicted molar refractivity (Wildman–Crippen MR) is 116 cm³/mol. The molecular weight excluding hydrogens is 420 g/mol. The Morgan fingerprint density at radius 1 is 1.00 bits per heavy atom. The maximum Gasteiger partial charge on any atom is 0.416 e. The molecule has 0 amide bonds. The van der Waals surface area contributed by atoms with Gasteiger partial charge >= 0.3 is 6.18 Å². The molecule has 0 unspecified atom stereocenters. The Hall–Kier alpha value is -3.48. The fourth-order valence-electron chi connectivity index (χ4n) is 3.61. The third-order valence-electron chi connectivity index (χ3n) is 5.64. The number of hydrogen-bond acceptors (Lipinski definition) is 2. The minimum atomic E-state index is -4.66. The first-order chi connectivity index (χ1) is 15.2. The smallest absolute Gasteiger partial charge is 0.268 e. The predicted octanol–water partition coefficient (Wildman–Crippen LogP) is 6.72. The van der Waals surface area contributed by atoms with Crippen LogP contribution in [0.3, 0.4) is 0 Å². The Morgan fingerprint density at radius 2 is 1.69 bits per heavy atom. The summed E-state index contributed by atoms with van der Waals surface area (Å²) in [6.07, 6.45) is -3.74. The molecule has 4 rings (SSSR count). The second-order valence-electron chi connectivity index (χ2n) is 7.69. The molecule has 164 valence electrons. The summed E-state index contributed by atoms with van der Waals surface area (Å²) in [4.78, 5) is 17.8. The number of aromatic nitrogens is 2. The topological polar surface area (TPSA) is 34.9 Å². The van der Waals surface area contributed by atoms with Crippen molar-refractivity contribution in [3.63, 3.8) is 0 Å². The Balaban J connectivity index is 2.03. The summed E-state index contributed by atoms with van der Waals surface area (Å²) < 4.78 is 55.9. The van der Waals surface area contributed by atoms with Crippen molar-refractivity contribution in [1.82, 2.24) is 9.55 Å². The zero-order valence-corrected chi connectivity index (χ0v) is 17.4. The van der Waals surface area contributed by atoms with Gasteiger partial charge in [-0.15, -0.1) is 0 Å². The average Bonchev–Trinajstić information content (AvgIpc) is 2.78. The van der Waals surface area contributed by atoms with Gasteiger partial charge in [0.2, 0.25) is 0 Å². The molecule has 0 bridgehead atoms. The van der Waals surface area contributed by atoms with E-state index in [4.69, 9.17) is 0 Å². The standard InChI is InChI=1S/C25H20F4N2O/c1-3-15(2)16-8-11-18(12-9-16)31-23(30-22-7-5-4-6-19(22)24(31)32)20-14-17(25(27,28)29)10-13-21(20)26/h4-15H,3H2,1-2H3/t15-/m0/s1. The van der Waals surface area contributed by atoms with Gasteiger partial charge in [0.05, 0.1) is 27.7 Å². The summed E-state index contributed by atoms with van der Waals surface area (Å²) in [7, 11) is 0. The third kappa shape index (κ3) is 3.90. The molecule has 4 aromatic rings. The van der Waals surface area contributed by atoms with Crippen LogP contribution in [-0.2, 0) is 6.18 Å². The average molecular weight is 440 g/mol. The van der Waals surface area contributed by atoms with E-state index in [-0.39, 0.29) is 16.7 Å². The van der Waals surface area contributed by atoms with Crippen LogP contribution in [0.25, 0.3) is 28.0 Å². The lowest BCUT2D eigenvalue weighted by Gasteiger charge is -2.17. The lowest BCUT2D eigenvalue weighted by atomic mass is 9.98. The van der Waals surface area contributed by atoms with Gasteiger partial charge in [-0.05, 0) is 60.4 Å². The van der Waals surface area contributed by atoms with Gasteiger partial charge < -0.3 is 0 Å². The molecule has 32 heavy (non-hydrogen) atoms. The molecule has 1 aromatic heterocycles. The van der Waals surface area contributed by atoms with E-state index >= 15 is 0 Å². The van der Waals surface area contributed by atoms with Crippen LogP contribution in [0.4, 0.5) is 17.6 Å². The van der Waals surface area contributed by atoms with E-state index in [0.717, 1.165) is 18.1 Å². The molecule has 0 aliphatic carbocycles. The molecule has 1 atom stereocenters. The number of nitrogens with zero attached hydrogens (tertiary/aromatic N) is 2. The highest BCUT2D eigenvalue weighted by Gasteiger charge is 2.32. The third-order valence-corrected chi connectivity index (χ3v) is 5.64. The van der Waals surface area contributed by atoms with Crippen LogP contribution in [0.2, 0.25) is 0 Å². The van der Waals surface area contributed by atoms with E-state index in [0.29, 0.717) is 23.7 Å². The summed E-state index contributed by atoms with van der Waals surface area (Å²) in [5.41, 5.74) is -0.170. The molecule has 0 saturated heterocycles. The Kier molecular flexibility index (Phi) is 5.59. The Labute approximate surface area is 182 Å². The first kappa shape index (κ1) is 21.7. The first-order valence-corrected chi connectivity index (χ1v) is 10.2. The van der Waals surface area contributed by atoms with Crippen molar-refractivity contribution in [3.8, 4) is 17.1 Å². The van der Waals surface area contributed by atoms with Crippen LogP contribution < -0.4 is 5.56 Å². The Bertz CT molecular complexity index is 1340. The van der Waals surface area contributed by atoms with Crippen molar-refractivity contribution in [2.75, 3.05) is 0 Å². The normalized spacial score (nSPS) is 12.8. The van der Waals surface area contributed by atoms with Gasteiger partial charge in [-0.1, -0.05) is 38.1 Å². The van der Waals surface area contributed by atoms with Crippen molar-refractivity contribution in [2.24, 2.45) is 0 Å². The van der Waals surface area contributed by atoms with Gasteiger partial charge in [0.25, 0.3) is 5.56 Å². The number of halogens is 4. The molecule has 0 N–H and O–H groups in total. The van der Waals surface area contributed by atoms with E-state index in [2.05, 4.69) is 18.8 Å². The van der Waals surface area contributed by atoms with Crippen molar-refractivity contribution < 1.29 is 17.6 Å². The van der Waals surface area contributed by atoms with E-state index in [1.807, 2.05) is 12.1 Å². The molecule has 0 spiro atoms. The fourth-order valence-corrected chi connectivity index (χ4v) is 3.61. The van der Waals surface area contributed by atoms with Crippen LogP contribution in [0, 0.1) is 5.82 Å². The number of fused-ring (bicyclic) bond motifs is 1. The molecule has 3 aromatic carbocycles. The highest BCUT2D eigenvalue weighted by Crippen LogP contribution is 2.34. The number of benzene rings is 3. The Morgan fingerprint density at radius 3 is 2.34 bits per heavy atom. The summed E-state index contributed by atoms with van der Waals surface area (Å²) >= 11 is 0. The van der Waals surface area contributed by atoms with Crippen molar-refractivity contribution in [3.05, 3.63) is 94.0 Å². The van der Waals surface area contributed by atoms with Gasteiger partial charge in [0, 0.05) is 0 Å². The molecular formula is C25H20F4N2O. The minimum Gasteiger partial charge on any atom is -0.268 e. The molecule has 0 saturated carbocycles. The largest absolute Gasteiger partial charge is 0.416 e. The van der Waals surface area contributed by atoms with E-state index in [1.165, 1.54) is 4.57 Å². The minimum absolute atomic E-state index is 0.186. The van der Waals surface area contributed by atoms with Crippen molar-refractivity contribution >= 4 is 10.9 Å². The van der Waals surface area contributed by atoms with Gasteiger partial charge in [0.15, 0.2) is 5.82 Å². The second kappa shape index (κ2) is 8.22. The first-order valence-electron chi connectivity index (χ1n) is 10.2. The fraction of sp³-hybridized carbons (Fsp3) is 0.200. The zero-order chi connectivity index (χ0) is 23.0. The van der Waals surface area contributed by atoms with Crippen molar-refractivity contribution in [2.45, 2.75) is 32.4 Å². The number of para-hydroxylation sites is 1. The van der Waals surface area contributed by atoms with Crippen LogP contribution in [0.15, 0.2) is 71.5 Å². The molecule has 0 fully saturated rings. The lowest BCUT2D eigenvalue weighted by molar-refractivity contribution is -0.137. The van der Waals surface area contributed by atoms with Crippen LogP contribution in [-0.4, -0.2) is 9.55 Å². The highest BCUT2D eigenvalue weighted by atomic mass is 19.4. The zero-order valence-electron chi connectivity index (χ0n) is 17.4. The summed E-state index contributed by atoms with van der Waals surface area (Å²) in [6.45, 7) is 4.13. The highest BCUT2D eigenvalue weighted by molar-refractivity contribution is 5.80. The molecule has 3 nitrogen and oxygen atoms in total. The SMILES string of the molecule is CC[C@H](C)c1ccc(-n2c(-c3cc(C(F)(F)F)ccc3F)nc3ccccc3c2=O)cc1. The van der Waals surface area contributed by atoms with Gasteiger partial charge in [-0.2, -0.15) is 13.2 Å². The summed E-state index contributed by atoms with van der Waals surface area (Å²) in [6, 6.07) is 15.7. The monoisotopic (exact) mass is 440 g/mol. The maximum atomic E-state index is 14.8. The van der Waals surface area contributed by atoms with Gasteiger partial charge in [-0.3, -0.25) is 9.36 Å². The van der Waals surface area contributed by atoms with E-state index in [1.54, 1.807) is 36.4 Å². The number of rotatable bonds is 4. The van der Waals surface area contributed by atoms with Gasteiger partial charge in [-0.25, -0.2) is 9.37 Å².